The monoisotopic (exact) mass is 539 g/mol. The number of benzene rings is 1. The Hall–Kier alpha value is -1.47. The molecule has 1 aromatic carbocycles. The summed E-state index contributed by atoms with van der Waals surface area (Å²) >= 11 is 0. The Morgan fingerprint density at radius 2 is 1.88 bits per heavy atom. The van der Waals surface area contributed by atoms with E-state index < -0.39 is 24.7 Å². The molecule has 2 unspecified atom stereocenters. The van der Waals surface area contributed by atoms with Crippen LogP contribution in [0.15, 0.2) is 48.9 Å². The summed E-state index contributed by atoms with van der Waals surface area (Å²) in [5.74, 6) is -0.241. The molecule has 1 fully saturated rings. The Morgan fingerprint density at radius 3 is 2.44 bits per heavy atom. The molecule has 1 amide bonds. The second-order valence-corrected chi connectivity index (χ2v) is 9.54. The van der Waals surface area contributed by atoms with E-state index in [0.29, 0.717) is 12.3 Å². The van der Waals surface area contributed by atoms with Gasteiger partial charge in [0.05, 0.1) is 12.2 Å². The fourth-order valence-corrected chi connectivity index (χ4v) is 3.95. The SMILES string of the molecule is C[C-]1OB(C(CC(=O)C(Cc2ccccc2)NC(=O)c2cnccn2)CC(C)C)OC1(C)C.[Y]. The molecule has 3 rings (SSSR count). The molecule has 1 aromatic heterocycles. The van der Waals surface area contributed by atoms with Crippen LogP contribution in [-0.4, -0.2) is 40.4 Å². The maximum absolute atomic E-state index is 13.5. The Bertz CT molecular complexity index is 930. The number of amides is 1. The zero-order valence-corrected chi connectivity index (χ0v) is 23.5. The minimum atomic E-state index is -0.698. The van der Waals surface area contributed by atoms with Crippen LogP contribution in [-0.2, 0) is 53.2 Å². The summed E-state index contributed by atoms with van der Waals surface area (Å²) in [5, 5.41) is 2.88. The Labute approximate surface area is 228 Å². The van der Waals surface area contributed by atoms with Gasteiger partial charge in [-0.1, -0.05) is 63.6 Å². The zero-order valence-electron chi connectivity index (χ0n) is 20.7. The number of carbonyl (C=O) groups excluding carboxylic acids is 2. The van der Waals surface area contributed by atoms with Crippen molar-refractivity contribution < 1.29 is 51.6 Å². The molecule has 1 radical (unpaired) electrons. The number of aromatic nitrogens is 2. The van der Waals surface area contributed by atoms with Crippen LogP contribution < -0.4 is 5.32 Å². The van der Waals surface area contributed by atoms with Crippen molar-refractivity contribution in [3.63, 3.8) is 0 Å². The molecule has 9 heteroatoms. The van der Waals surface area contributed by atoms with Gasteiger partial charge in [0.15, 0.2) is 5.78 Å². The van der Waals surface area contributed by atoms with Crippen LogP contribution in [0.3, 0.4) is 0 Å². The van der Waals surface area contributed by atoms with Crippen LogP contribution in [0, 0.1) is 12.0 Å². The summed E-state index contributed by atoms with van der Waals surface area (Å²) in [6.45, 7) is 10.1. The van der Waals surface area contributed by atoms with E-state index in [2.05, 4.69) is 29.1 Å². The minimum Gasteiger partial charge on any atom is -0.584 e. The van der Waals surface area contributed by atoms with Gasteiger partial charge >= 0.3 is 7.12 Å². The van der Waals surface area contributed by atoms with Crippen molar-refractivity contribution in [2.45, 2.75) is 71.3 Å². The number of rotatable bonds is 10. The van der Waals surface area contributed by atoms with Gasteiger partial charge in [-0.25, -0.2) is 4.98 Å². The molecule has 7 nitrogen and oxygen atoms in total. The topological polar surface area (TPSA) is 90.4 Å². The van der Waals surface area contributed by atoms with E-state index in [9.17, 15) is 9.59 Å². The number of hydrogen-bond donors (Lipinski definition) is 1. The smallest absolute Gasteiger partial charge is 0.426 e. The third-order valence-electron chi connectivity index (χ3n) is 5.95. The number of nitrogens with one attached hydrogen (secondary N) is 1. The average molecular weight is 539 g/mol. The van der Waals surface area contributed by atoms with Gasteiger partial charge in [-0.3, -0.25) is 14.6 Å². The molecule has 2 atom stereocenters. The second-order valence-electron chi connectivity index (χ2n) is 9.54. The first-order valence-electron chi connectivity index (χ1n) is 11.5. The number of carbonyl (C=O) groups is 2. The molecule has 1 aliphatic heterocycles. The fraction of sp³-hybridized carbons (Fsp3) is 0.480. The Balaban J connectivity index is 0.00000408. The maximum Gasteiger partial charge on any atom is 0.426 e. The van der Waals surface area contributed by atoms with Crippen LogP contribution in [0.1, 0.15) is 63.5 Å². The average Bonchev–Trinajstić information content (AvgIpc) is 3.06. The largest absolute Gasteiger partial charge is 0.584 e. The molecule has 2 heterocycles. The van der Waals surface area contributed by atoms with Crippen molar-refractivity contribution in [2.75, 3.05) is 0 Å². The van der Waals surface area contributed by atoms with Gasteiger partial charge in [0.2, 0.25) is 0 Å². The molecule has 1 aliphatic rings. The van der Waals surface area contributed by atoms with Gasteiger partial charge in [-0.05, 0) is 30.1 Å². The zero-order chi connectivity index (χ0) is 24.0. The van der Waals surface area contributed by atoms with Gasteiger partial charge in [-0.15, -0.1) is 0 Å². The van der Waals surface area contributed by atoms with E-state index in [0.717, 1.165) is 18.1 Å². The number of Topliss-reactive ketones (excluding diaryl/α,β-unsaturated/α-hetero) is 1. The van der Waals surface area contributed by atoms with Crippen molar-refractivity contribution in [1.29, 1.82) is 0 Å². The van der Waals surface area contributed by atoms with Crippen LogP contribution in [0.25, 0.3) is 0 Å². The second kappa shape index (κ2) is 13.0. The predicted molar refractivity (Wildman–Crippen MR) is 127 cm³/mol. The number of hydrogen-bond acceptors (Lipinski definition) is 6. The van der Waals surface area contributed by atoms with E-state index in [4.69, 9.17) is 9.31 Å². The molecule has 1 N–H and O–H groups in total. The van der Waals surface area contributed by atoms with Gasteiger partial charge in [0.25, 0.3) is 5.91 Å². The van der Waals surface area contributed by atoms with Crippen LogP contribution in [0.4, 0.5) is 0 Å². The van der Waals surface area contributed by atoms with Crippen molar-refractivity contribution in [3.8, 4) is 0 Å². The summed E-state index contributed by atoms with van der Waals surface area (Å²) in [4.78, 5) is 34.3. The fourth-order valence-electron chi connectivity index (χ4n) is 3.95. The van der Waals surface area contributed by atoms with Crippen LogP contribution >= 0.6 is 0 Å². The maximum atomic E-state index is 13.5. The molecule has 0 bridgehead atoms. The molecule has 34 heavy (non-hydrogen) atoms. The first kappa shape index (κ1) is 28.8. The molecule has 1 saturated heterocycles. The third-order valence-corrected chi connectivity index (χ3v) is 5.95. The predicted octanol–water partition coefficient (Wildman–Crippen LogP) is 4.06. The Morgan fingerprint density at radius 1 is 1.18 bits per heavy atom. The normalized spacial score (nSPS) is 17.2. The number of nitrogens with zero attached hydrogens (tertiary/aromatic N) is 2. The molecular weight excluding hydrogens is 506 g/mol. The molecular formula is C25H33BN3O4Y-. The molecule has 0 spiro atoms. The summed E-state index contributed by atoms with van der Waals surface area (Å²) < 4.78 is 12.2. The molecule has 0 saturated carbocycles. The molecule has 0 aliphatic carbocycles. The van der Waals surface area contributed by atoms with E-state index >= 15 is 0 Å². The van der Waals surface area contributed by atoms with E-state index in [1.165, 1.54) is 18.6 Å². The van der Waals surface area contributed by atoms with Crippen molar-refractivity contribution in [1.82, 2.24) is 15.3 Å². The summed E-state index contributed by atoms with van der Waals surface area (Å²) in [6.07, 6.45) is 6.56. The van der Waals surface area contributed by atoms with Crippen LogP contribution in [0.5, 0.6) is 0 Å². The van der Waals surface area contributed by atoms with Gasteiger partial charge in [0.1, 0.15) is 5.69 Å². The summed E-state index contributed by atoms with van der Waals surface area (Å²) in [7, 11) is -0.487. The third kappa shape index (κ3) is 8.04. The molecule has 2 aromatic rings. The van der Waals surface area contributed by atoms with Crippen molar-refractivity contribution in [3.05, 3.63) is 66.3 Å². The van der Waals surface area contributed by atoms with Crippen LogP contribution in [0.2, 0.25) is 5.82 Å². The van der Waals surface area contributed by atoms with Crippen molar-refractivity contribution in [2.24, 2.45) is 5.92 Å². The van der Waals surface area contributed by atoms with Gasteiger partial charge < -0.3 is 14.6 Å². The van der Waals surface area contributed by atoms with E-state index in [-0.39, 0.29) is 56.4 Å². The number of ketones is 1. The quantitative estimate of drug-likeness (QED) is 0.362. The summed E-state index contributed by atoms with van der Waals surface area (Å²) in [5.41, 5.74) is 0.651. The van der Waals surface area contributed by atoms with Gasteiger partial charge in [-0.2, -0.15) is 13.0 Å². The Kier molecular flexibility index (Phi) is 11.0. The van der Waals surface area contributed by atoms with Gasteiger partial charge in [0, 0.05) is 51.5 Å². The summed E-state index contributed by atoms with van der Waals surface area (Å²) in [6, 6.07) is 8.96. The van der Waals surface area contributed by atoms with E-state index in [1.54, 1.807) is 0 Å². The first-order valence-corrected chi connectivity index (χ1v) is 11.5. The standard InChI is InChI=1S/C25H33BN3O4.Y/c1-17(2)13-20(26-32-18(3)25(4,5)33-26)15-23(30)21(14-19-9-7-6-8-10-19)29-24(31)22-16-27-11-12-28-22;/h6-12,16-17,20-21H,13-15H2,1-5H3,(H,29,31);/q-1;. The molecule has 179 valence electrons. The first-order chi connectivity index (χ1) is 15.7. The minimum absolute atomic E-state index is 0. The van der Waals surface area contributed by atoms with Crippen molar-refractivity contribution >= 4 is 18.8 Å². The van der Waals surface area contributed by atoms with E-state index in [1.807, 2.05) is 51.1 Å².